The molecule has 0 saturated carbocycles. The summed E-state index contributed by atoms with van der Waals surface area (Å²) in [6.07, 6.45) is 0.528. The molecule has 1 rings (SSSR count). The molecular formula is C10H14N4O4. The Morgan fingerprint density at radius 2 is 2.33 bits per heavy atom. The van der Waals surface area contributed by atoms with E-state index in [0.29, 0.717) is 12.2 Å². The number of nitrogen functional groups attached to an aromatic ring is 1. The lowest BCUT2D eigenvalue weighted by molar-refractivity contribution is -0.384. The third kappa shape index (κ3) is 3.58. The van der Waals surface area contributed by atoms with Gasteiger partial charge >= 0.3 is 11.7 Å². The Balaban J connectivity index is 2.81. The van der Waals surface area contributed by atoms with Crippen molar-refractivity contribution in [1.29, 1.82) is 0 Å². The van der Waals surface area contributed by atoms with E-state index in [1.165, 1.54) is 12.1 Å². The lowest BCUT2D eigenvalue weighted by Gasteiger charge is -2.15. The van der Waals surface area contributed by atoms with Crippen molar-refractivity contribution in [3.63, 3.8) is 0 Å². The Morgan fingerprint density at radius 3 is 2.78 bits per heavy atom. The van der Waals surface area contributed by atoms with Crippen LogP contribution in [0.25, 0.3) is 0 Å². The second kappa shape index (κ2) is 5.80. The molecule has 1 heterocycles. The molecule has 1 aromatic heterocycles. The van der Waals surface area contributed by atoms with Crippen LogP contribution in [-0.2, 0) is 4.79 Å². The van der Waals surface area contributed by atoms with Crippen LogP contribution in [0.1, 0.15) is 19.8 Å². The summed E-state index contributed by atoms with van der Waals surface area (Å²) >= 11 is 0. The second-order valence-corrected chi connectivity index (χ2v) is 3.71. The van der Waals surface area contributed by atoms with Crippen molar-refractivity contribution in [2.45, 2.75) is 25.8 Å². The minimum absolute atomic E-state index is 0.0604. The fourth-order valence-electron chi connectivity index (χ4n) is 1.42. The van der Waals surface area contributed by atoms with Crippen molar-refractivity contribution >= 4 is 23.3 Å². The number of nitrogens with two attached hydrogens (primary N) is 1. The Bertz CT molecular complexity index is 463. The van der Waals surface area contributed by atoms with E-state index in [0.717, 1.165) is 0 Å². The van der Waals surface area contributed by atoms with E-state index in [1.807, 2.05) is 6.92 Å². The van der Waals surface area contributed by atoms with Gasteiger partial charge in [-0.25, -0.2) is 4.98 Å². The maximum atomic E-state index is 10.6. The zero-order chi connectivity index (χ0) is 13.7. The zero-order valence-electron chi connectivity index (χ0n) is 9.79. The highest BCUT2D eigenvalue weighted by molar-refractivity contribution is 5.68. The monoisotopic (exact) mass is 254 g/mol. The molecule has 0 fully saturated rings. The van der Waals surface area contributed by atoms with Gasteiger partial charge in [0.15, 0.2) is 0 Å². The van der Waals surface area contributed by atoms with Crippen molar-refractivity contribution in [3.05, 3.63) is 22.2 Å². The van der Waals surface area contributed by atoms with Gasteiger partial charge in [0.25, 0.3) is 0 Å². The minimum Gasteiger partial charge on any atom is -0.481 e. The first-order valence-corrected chi connectivity index (χ1v) is 5.33. The molecule has 8 heteroatoms. The minimum atomic E-state index is -0.927. The van der Waals surface area contributed by atoms with Crippen molar-refractivity contribution in [2.75, 3.05) is 11.1 Å². The van der Waals surface area contributed by atoms with Crippen LogP contribution in [-0.4, -0.2) is 27.0 Å². The fraction of sp³-hybridized carbons (Fsp3) is 0.400. The molecule has 1 atom stereocenters. The largest absolute Gasteiger partial charge is 0.481 e. The summed E-state index contributed by atoms with van der Waals surface area (Å²) in [5, 5.41) is 22.1. The number of pyridine rings is 1. The van der Waals surface area contributed by atoms with Gasteiger partial charge in [-0.3, -0.25) is 14.9 Å². The first kappa shape index (κ1) is 13.7. The van der Waals surface area contributed by atoms with Crippen molar-refractivity contribution < 1.29 is 14.8 Å². The highest BCUT2D eigenvalue weighted by Gasteiger charge is 2.15. The molecular weight excluding hydrogens is 240 g/mol. The van der Waals surface area contributed by atoms with Gasteiger partial charge in [-0.1, -0.05) is 6.92 Å². The smallest absolute Gasteiger partial charge is 0.311 e. The topological polar surface area (TPSA) is 131 Å². The fourth-order valence-corrected chi connectivity index (χ4v) is 1.42. The third-order valence-electron chi connectivity index (χ3n) is 2.36. The van der Waals surface area contributed by atoms with E-state index in [-0.39, 0.29) is 24.0 Å². The number of carboxylic acids is 1. The van der Waals surface area contributed by atoms with Gasteiger partial charge in [0.2, 0.25) is 5.82 Å². The zero-order valence-corrected chi connectivity index (χ0v) is 9.79. The van der Waals surface area contributed by atoms with E-state index in [1.54, 1.807) is 0 Å². The number of carboxylic acid groups (broad SMARTS) is 1. The lowest BCUT2D eigenvalue weighted by Crippen LogP contribution is -2.23. The highest BCUT2D eigenvalue weighted by atomic mass is 16.6. The third-order valence-corrected chi connectivity index (χ3v) is 2.36. The molecule has 1 unspecified atom stereocenters. The number of nitrogens with zero attached hydrogens (tertiary/aromatic N) is 2. The normalized spacial score (nSPS) is 11.8. The Labute approximate surface area is 103 Å². The molecule has 0 saturated heterocycles. The number of aliphatic carboxylic acids is 1. The van der Waals surface area contributed by atoms with Crippen LogP contribution in [0.15, 0.2) is 12.1 Å². The summed E-state index contributed by atoms with van der Waals surface area (Å²) in [6.45, 7) is 1.83. The molecule has 4 N–H and O–H groups in total. The van der Waals surface area contributed by atoms with E-state index >= 15 is 0 Å². The van der Waals surface area contributed by atoms with E-state index < -0.39 is 10.9 Å². The second-order valence-electron chi connectivity index (χ2n) is 3.71. The maximum Gasteiger partial charge on any atom is 0.311 e. The van der Waals surface area contributed by atoms with Crippen LogP contribution in [0, 0.1) is 10.1 Å². The summed E-state index contributed by atoms with van der Waals surface area (Å²) in [5.41, 5.74) is 5.16. The van der Waals surface area contributed by atoms with Gasteiger partial charge in [0, 0.05) is 12.1 Å². The predicted octanol–water partition coefficient (Wildman–Crippen LogP) is 1.24. The number of rotatable bonds is 6. The molecule has 0 aromatic carbocycles. The van der Waals surface area contributed by atoms with Gasteiger partial charge in [0.1, 0.15) is 5.82 Å². The number of hydrogen-bond donors (Lipinski definition) is 3. The summed E-state index contributed by atoms with van der Waals surface area (Å²) < 4.78 is 0. The quantitative estimate of drug-likeness (QED) is 0.513. The van der Waals surface area contributed by atoms with Crippen LogP contribution in [0.3, 0.4) is 0 Å². The maximum absolute atomic E-state index is 10.6. The molecule has 0 spiro atoms. The Kier molecular flexibility index (Phi) is 4.41. The SMILES string of the molecule is CCC(CC(=O)O)Nc1ccc([N+](=O)[O-])c(N)n1. The summed E-state index contributed by atoms with van der Waals surface area (Å²) in [7, 11) is 0. The van der Waals surface area contributed by atoms with Crippen LogP contribution < -0.4 is 11.1 Å². The van der Waals surface area contributed by atoms with Crippen LogP contribution in [0.2, 0.25) is 0 Å². The average Bonchev–Trinajstić information content (AvgIpc) is 2.27. The van der Waals surface area contributed by atoms with Gasteiger partial charge in [0.05, 0.1) is 11.3 Å². The van der Waals surface area contributed by atoms with Crippen molar-refractivity contribution in [1.82, 2.24) is 4.98 Å². The summed E-state index contributed by atoms with van der Waals surface area (Å²) in [6, 6.07) is 2.34. The van der Waals surface area contributed by atoms with Crippen LogP contribution in [0.4, 0.5) is 17.3 Å². The van der Waals surface area contributed by atoms with Crippen LogP contribution >= 0.6 is 0 Å². The van der Waals surface area contributed by atoms with Crippen molar-refractivity contribution in [2.24, 2.45) is 0 Å². The van der Waals surface area contributed by atoms with Gasteiger partial charge in [-0.2, -0.15) is 0 Å². The molecule has 0 aliphatic heterocycles. The van der Waals surface area contributed by atoms with Crippen LogP contribution in [0.5, 0.6) is 0 Å². The number of carbonyl (C=O) groups is 1. The molecule has 18 heavy (non-hydrogen) atoms. The molecule has 0 radical (unpaired) electrons. The molecule has 0 bridgehead atoms. The molecule has 0 amide bonds. The Morgan fingerprint density at radius 1 is 1.67 bits per heavy atom. The number of aromatic nitrogens is 1. The van der Waals surface area contributed by atoms with E-state index in [9.17, 15) is 14.9 Å². The molecule has 98 valence electrons. The lowest BCUT2D eigenvalue weighted by atomic mass is 10.1. The number of nitro groups is 1. The average molecular weight is 254 g/mol. The van der Waals surface area contributed by atoms with E-state index in [2.05, 4.69) is 10.3 Å². The van der Waals surface area contributed by atoms with E-state index in [4.69, 9.17) is 10.8 Å². The number of anilines is 2. The van der Waals surface area contributed by atoms with Gasteiger partial charge in [-0.05, 0) is 12.5 Å². The first-order chi connectivity index (χ1) is 8.43. The molecule has 8 nitrogen and oxygen atoms in total. The molecule has 1 aromatic rings. The summed E-state index contributed by atoms with van der Waals surface area (Å²) in [5.74, 6) is -0.800. The van der Waals surface area contributed by atoms with Gasteiger partial charge < -0.3 is 16.2 Å². The Hall–Kier alpha value is -2.38. The number of hydrogen-bond acceptors (Lipinski definition) is 6. The van der Waals surface area contributed by atoms with Crippen molar-refractivity contribution in [3.8, 4) is 0 Å². The molecule has 0 aliphatic rings. The first-order valence-electron chi connectivity index (χ1n) is 5.33. The van der Waals surface area contributed by atoms with Gasteiger partial charge in [-0.15, -0.1) is 0 Å². The standard InChI is InChI=1S/C10H14N4O4/c1-2-6(5-9(15)16)12-8-4-3-7(14(17)18)10(11)13-8/h3-4,6H,2,5H2,1H3,(H,15,16)(H3,11,12,13). The predicted molar refractivity (Wildman–Crippen MR) is 65.3 cm³/mol. The molecule has 0 aliphatic carbocycles. The number of nitrogens with one attached hydrogen (secondary N) is 1. The summed E-state index contributed by atoms with van der Waals surface area (Å²) in [4.78, 5) is 24.3. The highest BCUT2D eigenvalue weighted by Crippen LogP contribution is 2.21.